The van der Waals surface area contributed by atoms with E-state index in [0.717, 1.165) is 33.2 Å². The molecule has 1 atom stereocenters. The molecular formula is C41H31NO10P2. The number of benzene rings is 6. The van der Waals surface area contributed by atoms with Gasteiger partial charge in [0.2, 0.25) is 0 Å². The second kappa shape index (κ2) is 15.4. The van der Waals surface area contributed by atoms with E-state index in [9.17, 15) is 9.59 Å². The van der Waals surface area contributed by atoms with Crippen molar-refractivity contribution in [1.29, 1.82) is 0 Å². The van der Waals surface area contributed by atoms with Crippen molar-refractivity contribution in [2.45, 2.75) is 20.8 Å². The minimum absolute atomic E-state index is 0.166. The molecule has 6 aromatic rings. The number of rotatable bonds is 7. The van der Waals surface area contributed by atoms with Crippen LogP contribution in [0.15, 0.2) is 115 Å². The van der Waals surface area contributed by atoms with Gasteiger partial charge in [-0.25, -0.2) is 9.59 Å². The lowest BCUT2D eigenvalue weighted by atomic mass is 9.95. The second-order valence-corrected chi connectivity index (χ2v) is 14.4. The fraction of sp³-hybridized carbons (Fsp3) is 0.0976. The van der Waals surface area contributed by atoms with E-state index < -0.39 is 29.1 Å². The van der Waals surface area contributed by atoms with Crippen molar-refractivity contribution in [3.8, 4) is 34.1 Å². The molecule has 13 heteroatoms. The van der Waals surface area contributed by atoms with Gasteiger partial charge in [0.05, 0.1) is 29.4 Å². The highest BCUT2D eigenvalue weighted by molar-refractivity contribution is 7.51. The monoisotopic (exact) mass is 759 g/mol. The van der Waals surface area contributed by atoms with E-state index in [-0.39, 0.29) is 17.5 Å². The van der Waals surface area contributed by atoms with Crippen LogP contribution in [0.4, 0.5) is 11.4 Å². The standard InChI is InChI=1S/C40H31NO8P2.CO2/c1-24-20-26(3)37(48-51-45-34-18-10-12-27-13-11-19-35(46-51)36(27)34)30(21-24)31-22-25(2)23-32(39(42)44-4)38(31)47-50-41(28-14-6-5-7-15-28)33-17-9-8-16-29(33)40(43)49-50;2-1-3/h5-23H,1-4H3;. The first-order chi connectivity index (χ1) is 26.2. The first-order valence-electron chi connectivity index (χ1n) is 16.5. The molecule has 2 heterocycles. The van der Waals surface area contributed by atoms with Crippen molar-refractivity contribution in [1.82, 2.24) is 0 Å². The lowest BCUT2D eigenvalue weighted by Crippen LogP contribution is -2.25. The maximum absolute atomic E-state index is 13.5. The number of anilines is 2. The molecule has 8 rings (SSSR count). The first kappa shape index (κ1) is 36.1. The highest BCUT2D eigenvalue weighted by atomic mass is 31.2. The van der Waals surface area contributed by atoms with Gasteiger partial charge in [0.1, 0.15) is 22.8 Å². The Morgan fingerprint density at radius 3 is 1.96 bits per heavy atom. The number of esters is 1. The summed E-state index contributed by atoms with van der Waals surface area (Å²) in [7, 11) is -2.79. The number of fused-ring (bicyclic) bond motifs is 1. The second-order valence-electron chi connectivity index (χ2n) is 12.2. The zero-order valence-corrected chi connectivity index (χ0v) is 31.2. The highest BCUT2D eigenvalue weighted by Gasteiger charge is 2.40. The summed E-state index contributed by atoms with van der Waals surface area (Å²) >= 11 is 0. The van der Waals surface area contributed by atoms with Gasteiger partial charge in [-0.15, -0.1) is 0 Å². The third-order valence-electron chi connectivity index (χ3n) is 8.53. The Morgan fingerprint density at radius 1 is 0.685 bits per heavy atom. The Balaban J connectivity index is 0.00000145. The summed E-state index contributed by atoms with van der Waals surface area (Å²) in [6.45, 7) is 5.81. The Labute approximate surface area is 312 Å². The van der Waals surface area contributed by atoms with Crippen LogP contribution in [0.2, 0.25) is 0 Å². The van der Waals surface area contributed by atoms with Gasteiger partial charge in [-0.2, -0.15) is 9.59 Å². The third-order valence-corrected chi connectivity index (χ3v) is 11.0. The average Bonchev–Trinajstić information content (AvgIpc) is 3.17. The van der Waals surface area contributed by atoms with Crippen LogP contribution in [0.5, 0.6) is 23.0 Å². The van der Waals surface area contributed by atoms with Crippen molar-refractivity contribution < 1.29 is 46.5 Å². The number of aryl methyl sites for hydroxylation is 3. The number of hydrogen-bond donors (Lipinski definition) is 0. The number of methoxy groups -OCH3 is 1. The van der Waals surface area contributed by atoms with Gasteiger partial charge in [0.25, 0.3) is 0 Å². The molecule has 0 saturated carbocycles. The van der Waals surface area contributed by atoms with E-state index in [1.165, 1.54) is 7.11 Å². The predicted octanol–water partition coefficient (Wildman–Crippen LogP) is 10.3. The molecule has 2 aliphatic heterocycles. The molecule has 0 bridgehead atoms. The summed E-state index contributed by atoms with van der Waals surface area (Å²) in [5, 5.41) is 1.88. The predicted molar refractivity (Wildman–Crippen MR) is 203 cm³/mol. The number of carbonyl (C=O) groups excluding carboxylic acids is 4. The molecule has 270 valence electrons. The van der Waals surface area contributed by atoms with Crippen LogP contribution in [0.25, 0.3) is 21.9 Å². The number of carbonyl (C=O) groups is 2. The Hall–Kier alpha value is -6.24. The van der Waals surface area contributed by atoms with Gasteiger partial charge in [-0.3, -0.25) is 4.67 Å². The van der Waals surface area contributed by atoms with E-state index in [0.29, 0.717) is 39.6 Å². The van der Waals surface area contributed by atoms with E-state index in [2.05, 4.69) is 0 Å². The summed E-state index contributed by atoms with van der Waals surface area (Å²) in [6, 6.07) is 36.0. The van der Waals surface area contributed by atoms with Crippen molar-refractivity contribution in [3.63, 3.8) is 0 Å². The smallest absolute Gasteiger partial charge is 0.465 e. The maximum Gasteiger partial charge on any atom is 0.530 e. The van der Waals surface area contributed by atoms with Crippen LogP contribution in [-0.4, -0.2) is 25.2 Å². The molecule has 0 N–H and O–H groups in total. The molecule has 11 nitrogen and oxygen atoms in total. The largest absolute Gasteiger partial charge is 0.530 e. The van der Waals surface area contributed by atoms with E-state index in [1.54, 1.807) is 18.2 Å². The van der Waals surface area contributed by atoms with Crippen molar-refractivity contribution >= 4 is 57.4 Å². The van der Waals surface area contributed by atoms with Crippen molar-refractivity contribution in [3.05, 3.63) is 143 Å². The average molecular weight is 760 g/mol. The molecular weight excluding hydrogens is 728 g/mol. The zero-order valence-electron chi connectivity index (χ0n) is 29.4. The molecule has 0 aliphatic carbocycles. The molecule has 54 heavy (non-hydrogen) atoms. The van der Waals surface area contributed by atoms with Crippen LogP contribution in [0.3, 0.4) is 0 Å². The van der Waals surface area contributed by atoms with Crippen LogP contribution in [0, 0.1) is 20.8 Å². The minimum atomic E-state index is -2.18. The van der Waals surface area contributed by atoms with Gasteiger partial charge in [0.15, 0.2) is 5.75 Å². The zero-order chi connectivity index (χ0) is 37.9. The number of ether oxygens (including phenoxy) is 1. The first-order valence-corrected chi connectivity index (χ1v) is 18.8. The molecule has 0 aromatic heterocycles. The van der Waals surface area contributed by atoms with Gasteiger partial charge < -0.3 is 27.4 Å². The SMILES string of the molecule is COC(=O)c1cc(C)cc(-c2cc(C)cc(C)c2OP2Oc3cccc4cccc(c34)O2)c1OP1OC(=O)c2ccccc2N1c1ccccc1.O=C=O. The van der Waals surface area contributed by atoms with Crippen LogP contribution in [-0.2, 0) is 18.8 Å². The summed E-state index contributed by atoms with van der Waals surface area (Å²) in [5.41, 5.74) is 5.65. The maximum atomic E-state index is 13.5. The molecule has 0 saturated heterocycles. The van der Waals surface area contributed by atoms with E-state index in [1.807, 2.05) is 123 Å². The van der Waals surface area contributed by atoms with Gasteiger partial charge in [0, 0.05) is 11.1 Å². The Kier molecular flexibility index (Phi) is 10.3. The Bertz CT molecular complexity index is 2410. The fourth-order valence-electron chi connectivity index (χ4n) is 6.35. The molecule has 0 amide bonds. The minimum Gasteiger partial charge on any atom is -0.465 e. The molecule has 6 aromatic carbocycles. The van der Waals surface area contributed by atoms with Crippen molar-refractivity contribution in [2.24, 2.45) is 0 Å². The number of nitrogens with zero attached hydrogens (tertiary/aromatic N) is 1. The highest BCUT2D eigenvalue weighted by Crippen LogP contribution is 2.59. The fourth-order valence-corrected chi connectivity index (χ4v) is 8.94. The van der Waals surface area contributed by atoms with Crippen molar-refractivity contribution in [2.75, 3.05) is 11.8 Å². The molecule has 0 spiro atoms. The lowest BCUT2D eigenvalue weighted by Gasteiger charge is -2.35. The number of para-hydroxylation sites is 2. The summed E-state index contributed by atoms with van der Waals surface area (Å²) in [4.78, 5) is 43.2. The van der Waals surface area contributed by atoms with E-state index in [4.69, 9.17) is 36.9 Å². The quantitative estimate of drug-likeness (QED) is 0.114. The summed E-state index contributed by atoms with van der Waals surface area (Å²) in [5.74, 6) is 0.861. The molecule has 2 aliphatic rings. The van der Waals surface area contributed by atoms with Crippen LogP contribution >= 0.6 is 17.1 Å². The molecule has 0 fully saturated rings. The Morgan fingerprint density at radius 2 is 1.30 bits per heavy atom. The van der Waals surface area contributed by atoms with Crippen LogP contribution in [0.1, 0.15) is 37.4 Å². The summed E-state index contributed by atoms with van der Waals surface area (Å²) in [6.07, 6.45) is 0.250. The normalized spacial score (nSPS) is 14.3. The van der Waals surface area contributed by atoms with Crippen LogP contribution < -0.4 is 22.8 Å². The van der Waals surface area contributed by atoms with Gasteiger partial charge >= 0.3 is 35.2 Å². The number of hydrogen-bond acceptors (Lipinski definition) is 11. The molecule has 1 unspecified atom stereocenters. The van der Waals surface area contributed by atoms with Gasteiger partial charge in [-0.1, -0.05) is 60.7 Å². The lowest BCUT2D eigenvalue weighted by molar-refractivity contribution is -0.191. The third kappa shape index (κ3) is 6.96. The van der Waals surface area contributed by atoms with E-state index >= 15 is 0 Å². The van der Waals surface area contributed by atoms with Gasteiger partial charge in [-0.05, 0) is 97.4 Å². The topological polar surface area (TPSA) is 127 Å². The molecule has 0 radical (unpaired) electrons. The summed E-state index contributed by atoms with van der Waals surface area (Å²) < 4.78 is 39.2.